The third-order valence-corrected chi connectivity index (χ3v) is 1.24. The van der Waals surface area contributed by atoms with E-state index in [0.717, 1.165) is 13.1 Å². The molecule has 0 aliphatic heterocycles. The van der Waals surface area contributed by atoms with Crippen LogP contribution in [0.3, 0.4) is 0 Å². The van der Waals surface area contributed by atoms with Gasteiger partial charge in [0.2, 0.25) is 0 Å². The van der Waals surface area contributed by atoms with Crippen LogP contribution in [0, 0.1) is 6.20 Å². The van der Waals surface area contributed by atoms with E-state index in [4.69, 9.17) is 0 Å². The summed E-state index contributed by atoms with van der Waals surface area (Å²) in [7, 11) is 0. The second kappa shape index (κ2) is 2.56. The lowest BCUT2D eigenvalue weighted by Gasteiger charge is -2.16. The van der Waals surface area contributed by atoms with Crippen LogP contribution in [0.1, 0.15) is 6.92 Å². The van der Waals surface area contributed by atoms with Crippen molar-refractivity contribution in [3.05, 3.63) is 18.5 Å². The van der Waals surface area contributed by atoms with E-state index in [2.05, 4.69) is 11.3 Å². The van der Waals surface area contributed by atoms with Crippen LogP contribution in [-0.2, 0) is 6.05 Å². The lowest BCUT2D eigenvalue weighted by atomic mass is 10.4. The van der Waals surface area contributed by atoms with Gasteiger partial charge in [-0.3, -0.25) is 0 Å². The highest BCUT2D eigenvalue weighted by Crippen LogP contribution is 2.25. The Morgan fingerprint density at radius 1 is 1.64 bits per heavy atom. The molecule has 2 nitrogen and oxygen atoms in total. The van der Waals surface area contributed by atoms with Crippen molar-refractivity contribution < 1.29 is 13.2 Å². The molecule has 0 aliphatic carbocycles. The highest BCUT2D eigenvalue weighted by Gasteiger charge is 2.39. The van der Waals surface area contributed by atoms with Gasteiger partial charge >= 0.3 is 6.05 Å². The van der Waals surface area contributed by atoms with Gasteiger partial charge in [0.25, 0.3) is 0 Å². The molecule has 0 aromatic carbocycles. The van der Waals surface area contributed by atoms with Crippen molar-refractivity contribution in [3.63, 3.8) is 0 Å². The molecule has 1 radical (unpaired) electrons. The van der Waals surface area contributed by atoms with Gasteiger partial charge in [-0.2, -0.15) is 13.9 Å². The molecule has 0 N–H and O–H groups in total. The molecular formula is C6H6F3N2. The van der Waals surface area contributed by atoms with Crippen molar-refractivity contribution >= 4 is 0 Å². The summed E-state index contributed by atoms with van der Waals surface area (Å²) in [6.07, 6.45) is 0.871. The molecule has 11 heavy (non-hydrogen) atoms. The van der Waals surface area contributed by atoms with Gasteiger partial charge in [0.15, 0.2) is 6.17 Å². The van der Waals surface area contributed by atoms with E-state index < -0.39 is 12.2 Å². The molecule has 1 atom stereocenters. The number of halogens is 3. The fourth-order valence-electron chi connectivity index (χ4n) is 0.581. The fraction of sp³-hybridized carbons (Fsp3) is 0.500. The molecule has 1 aromatic rings. The summed E-state index contributed by atoms with van der Waals surface area (Å²) in [5, 5.41) is 3.11. The molecule has 0 amide bonds. The normalized spacial score (nSPS) is 14.9. The first-order chi connectivity index (χ1) is 5.05. The van der Waals surface area contributed by atoms with E-state index in [1.807, 2.05) is 0 Å². The molecule has 1 rings (SSSR count). The van der Waals surface area contributed by atoms with Crippen LogP contribution in [0.25, 0.3) is 0 Å². The number of aromatic nitrogens is 2. The Morgan fingerprint density at radius 3 is 2.64 bits per heavy atom. The Balaban J connectivity index is 2.90. The van der Waals surface area contributed by atoms with Gasteiger partial charge in [0.05, 0.1) is 0 Å². The summed E-state index contributed by atoms with van der Waals surface area (Å²) in [5.41, 5.74) is 0. The zero-order valence-electron chi connectivity index (χ0n) is 5.76. The number of hydrogen-bond acceptors (Lipinski definition) is 1. The zero-order chi connectivity index (χ0) is 8.48. The Kier molecular flexibility index (Phi) is 1.89. The van der Waals surface area contributed by atoms with Crippen LogP contribution in [-0.4, -0.2) is 16.0 Å². The van der Waals surface area contributed by atoms with E-state index in [0.29, 0.717) is 0 Å². The molecule has 5 heteroatoms. The van der Waals surface area contributed by atoms with E-state index in [1.54, 1.807) is 0 Å². The predicted molar refractivity (Wildman–Crippen MR) is 31.8 cm³/mol. The second-order valence-corrected chi connectivity index (χ2v) is 2.09. The van der Waals surface area contributed by atoms with Crippen molar-refractivity contribution in [2.75, 3.05) is 0 Å². The quantitative estimate of drug-likeness (QED) is 0.647. The first kappa shape index (κ1) is 8.10. The minimum absolute atomic E-state index is 0.248. The third-order valence-electron chi connectivity index (χ3n) is 1.24. The van der Waals surface area contributed by atoms with Crippen LogP contribution in [0.2, 0.25) is 0 Å². The molecule has 0 saturated heterocycles. The van der Waals surface area contributed by atoms with Crippen LogP contribution in [0.5, 0.6) is 0 Å². The molecule has 0 bridgehead atoms. The average molecular weight is 163 g/mol. The minimum Gasteiger partial charge on any atom is -0.239 e. The van der Waals surface area contributed by atoms with Gasteiger partial charge in [-0.15, -0.1) is 0 Å². The summed E-state index contributed by atoms with van der Waals surface area (Å²) in [6, 6.07) is -2.38. The molecule has 0 spiro atoms. The highest BCUT2D eigenvalue weighted by molar-refractivity contribution is 4.81. The Labute approximate surface area is 61.6 Å². The van der Waals surface area contributed by atoms with E-state index in [9.17, 15) is 13.2 Å². The van der Waals surface area contributed by atoms with E-state index >= 15 is 0 Å². The summed E-state index contributed by atoms with van der Waals surface area (Å²) < 4.78 is 37.7. The van der Waals surface area contributed by atoms with E-state index in [-0.39, 0.29) is 4.68 Å². The molecule has 1 aromatic heterocycles. The number of rotatable bonds is 2. The van der Waals surface area contributed by atoms with Gasteiger partial charge < -0.3 is 0 Å². The highest BCUT2D eigenvalue weighted by atomic mass is 19.3. The molecule has 61 valence electrons. The average Bonchev–Trinajstić information content (AvgIpc) is 2.37. The predicted octanol–water partition coefficient (Wildman–Crippen LogP) is 1.59. The SMILES string of the molecule is CC(F)C(F)(F)n1cc[c]n1. The van der Waals surface area contributed by atoms with Gasteiger partial charge in [-0.1, -0.05) is 0 Å². The minimum atomic E-state index is -3.57. The Morgan fingerprint density at radius 2 is 2.27 bits per heavy atom. The smallest absolute Gasteiger partial charge is 0.239 e. The first-order valence-electron chi connectivity index (χ1n) is 2.99. The molecular weight excluding hydrogens is 157 g/mol. The van der Waals surface area contributed by atoms with Crippen LogP contribution in [0.15, 0.2) is 12.3 Å². The maximum absolute atomic E-state index is 12.6. The van der Waals surface area contributed by atoms with Gasteiger partial charge in [-0.25, -0.2) is 9.07 Å². The summed E-state index contributed by atoms with van der Waals surface area (Å²) in [6.45, 7) is 0.779. The Hall–Kier alpha value is -1.00. The first-order valence-corrected chi connectivity index (χ1v) is 2.99. The monoisotopic (exact) mass is 163 g/mol. The van der Waals surface area contributed by atoms with Crippen LogP contribution < -0.4 is 0 Å². The van der Waals surface area contributed by atoms with Gasteiger partial charge in [0.1, 0.15) is 6.20 Å². The molecule has 0 saturated carbocycles. The zero-order valence-corrected chi connectivity index (χ0v) is 5.76. The topological polar surface area (TPSA) is 17.8 Å². The molecule has 1 heterocycles. The second-order valence-electron chi connectivity index (χ2n) is 2.09. The third kappa shape index (κ3) is 1.36. The van der Waals surface area contributed by atoms with Crippen molar-refractivity contribution in [3.8, 4) is 0 Å². The molecule has 0 aliphatic rings. The van der Waals surface area contributed by atoms with Crippen molar-refractivity contribution in [2.45, 2.75) is 19.1 Å². The van der Waals surface area contributed by atoms with Gasteiger partial charge in [0, 0.05) is 6.20 Å². The largest absolute Gasteiger partial charge is 0.374 e. The number of hydrogen-bond donors (Lipinski definition) is 0. The molecule has 1 unspecified atom stereocenters. The van der Waals surface area contributed by atoms with Crippen molar-refractivity contribution in [2.24, 2.45) is 0 Å². The maximum Gasteiger partial charge on any atom is 0.374 e. The molecule has 0 fully saturated rings. The number of alkyl halides is 3. The van der Waals surface area contributed by atoms with E-state index in [1.165, 1.54) is 6.07 Å². The summed E-state index contributed by atoms with van der Waals surface area (Å²) in [5.74, 6) is 0. The standard InChI is InChI=1S/C6H6F3N2/c1-5(7)6(8,9)11-4-2-3-10-11/h2,4-5H,1H3. The Bertz CT molecular complexity index is 218. The summed E-state index contributed by atoms with van der Waals surface area (Å²) in [4.78, 5) is 0. The van der Waals surface area contributed by atoms with Crippen molar-refractivity contribution in [1.82, 2.24) is 9.78 Å². The lowest BCUT2D eigenvalue weighted by molar-refractivity contribution is -0.146. The van der Waals surface area contributed by atoms with Crippen molar-refractivity contribution in [1.29, 1.82) is 0 Å². The van der Waals surface area contributed by atoms with Crippen LogP contribution in [0.4, 0.5) is 13.2 Å². The summed E-state index contributed by atoms with van der Waals surface area (Å²) >= 11 is 0. The fourth-order valence-corrected chi connectivity index (χ4v) is 0.581. The maximum atomic E-state index is 12.6. The number of nitrogens with zero attached hydrogens (tertiary/aromatic N) is 2. The van der Waals surface area contributed by atoms with Gasteiger partial charge in [-0.05, 0) is 13.0 Å². The lowest BCUT2D eigenvalue weighted by Crippen LogP contribution is -2.32. The van der Waals surface area contributed by atoms with Crippen LogP contribution >= 0.6 is 0 Å².